The molecule has 29 heavy (non-hydrogen) atoms. The minimum atomic E-state index is -0.782. The van der Waals surface area contributed by atoms with Gasteiger partial charge >= 0.3 is 5.97 Å². The number of fused-ring (bicyclic) bond motifs is 5. The van der Waals surface area contributed by atoms with Gasteiger partial charge < -0.3 is 9.72 Å². The summed E-state index contributed by atoms with van der Waals surface area (Å²) < 4.78 is 4.98. The maximum absolute atomic E-state index is 13.3. The molecule has 0 fully saturated rings. The molecule has 1 amide bonds. The molecule has 1 aromatic heterocycles. The second kappa shape index (κ2) is 6.44. The van der Waals surface area contributed by atoms with E-state index in [0.29, 0.717) is 23.3 Å². The van der Waals surface area contributed by atoms with Crippen LogP contribution in [0.2, 0.25) is 0 Å². The number of hydrogen-bond donors (Lipinski definition) is 1. The van der Waals surface area contributed by atoms with Crippen molar-refractivity contribution in [2.45, 2.75) is 18.9 Å². The fourth-order valence-electron chi connectivity index (χ4n) is 4.37. The Balaban J connectivity index is 1.77. The number of hydrogen-bond acceptors (Lipinski definition) is 4. The number of H-pyrrole nitrogens is 1. The number of ketones is 1. The topological polar surface area (TPSA) is 79.5 Å². The van der Waals surface area contributed by atoms with Gasteiger partial charge in [-0.3, -0.25) is 14.5 Å². The average Bonchev–Trinajstić information content (AvgIpc) is 3.30. The van der Waals surface area contributed by atoms with Gasteiger partial charge in [0.15, 0.2) is 5.78 Å². The number of nitrogens with one attached hydrogen (secondary N) is 1. The van der Waals surface area contributed by atoms with E-state index >= 15 is 0 Å². The van der Waals surface area contributed by atoms with Crippen LogP contribution in [0.5, 0.6) is 0 Å². The molecule has 1 N–H and O–H groups in total. The fraction of sp³-hybridized carbons (Fsp3) is 0.174. The SMILES string of the molecule is COC(=O)[C@@H]1Cc2c([nH]c3ccccc23)C2=C(C(=O)c3ccccc3)CC(=O)N21. The van der Waals surface area contributed by atoms with Crippen LogP contribution in [-0.4, -0.2) is 40.7 Å². The predicted octanol–water partition coefficient (Wildman–Crippen LogP) is 3.09. The highest BCUT2D eigenvalue weighted by Gasteiger charge is 2.46. The molecule has 3 heterocycles. The molecule has 2 aromatic carbocycles. The monoisotopic (exact) mass is 386 g/mol. The summed E-state index contributed by atoms with van der Waals surface area (Å²) in [6, 6.07) is 15.9. The van der Waals surface area contributed by atoms with Crippen LogP contribution in [-0.2, 0) is 20.7 Å². The predicted molar refractivity (Wildman–Crippen MR) is 107 cm³/mol. The molecule has 1 atom stereocenters. The van der Waals surface area contributed by atoms with Crippen LogP contribution >= 0.6 is 0 Å². The third-order valence-corrected chi connectivity index (χ3v) is 5.67. The fourth-order valence-corrected chi connectivity index (χ4v) is 4.37. The molecule has 144 valence electrons. The summed E-state index contributed by atoms with van der Waals surface area (Å²) in [6.07, 6.45) is 0.305. The number of carbonyl (C=O) groups is 3. The summed E-state index contributed by atoms with van der Waals surface area (Å²) in [6.45, 7) is 0. The van der Waals surface area contributed by atoms with Crippen LogP contribution in [0.3, 0.4) is 0 Å². The van der Waals surface area contributed by atoms with Gasteiger partial charge in [-0.15, -0.1) is 0 Å². The van der Waals surface area contributed by atoms with Crippen LogP contribution in [0, 0.1) is 0 Å². The van der Waals surface area contributed by atoms with Gasteiger partial charge in [0.05, 0.1) is 24.9 Å². The van der Waals surface area contributed by atoms with Gasteiger partial charge in [0.1, 0.15) is 6.04 Å². The summed E-state index contributed by atoms with van der Waals surface area (Å²) in [7, 11) is 1.31. The first-order chi connectivity index (χ1) is 14.1. The molecular weight excluding hydrogens is 368 g/mol. The first kappa shape index (κ1) is 17.4. The highest BCUT2D eigenvalue weighted by molar-refractivity contribution is 6.20. The number of carbonyl (C=O) groups excluding carboxylic acids is 3. The number of esters is 1. The lowest BCUT2D eigenvalue weighted by atomic mass is 9.92. The molecule has 0 saturated carbocycles. The average molecular weight is 386 g/mol. The molecule has 6 heteroatoms. The Morgan fingerprint density at radius 3 is 2.55 bits per heavy atom. The second-order valence-corrected chi connectivity index (χ2v) is 7.23. The number of Topliss-reactive ketones (excluding diaryl/α,β-unsaturated/α-hetero) is 1. The van der Waals surface area contributed by atoms with Gasteiger partial charge in [0, 0.05) is 28.5 Å². The zero-order valence-electron chi connectivity index (χ0n) is 15.8. The third kappa shape index (κ3) is 2.52. The summed E-state index contributed by atoms with van der Waals surface area (Å²) in [5.41, 5.74) is 3.98. The summed E-state index contributed by atoms with van der Waals surface area (Å²) in [4.78, 5) is 43.5. The van der Waals surface area contributed by atoms with Crippen molar-refractivity contribution in [1.82, 2.24) is 9.88 Å². The molecule has 0 saturated heterocycles. The van der Waals surface area contributed by atoms with Crippen LogP contribution < -0.4 is 0 Å². The Morgan fingerprint density at radius 2 is 1.79 bits per heavy atom. The molecule has 0 bridgehead atoms. The Hall–Kier alpha value is -3.67. The van der Waals surface area contributed by atoms with Gasteiger partial charge in [-0.25, -0.2) is 4.79 Å². The Morgan fingerprint density at radius 1 is 1.07 bits per heavy atom. The van der Waals surface area contributed by atoms with E-state index in [2.05, 4.69) is 4.98 Å². The van der Waals surface area contributed by atoms with Crippen LogP contribution in [0.25, 0.3) is 16.6 Å². The van der Waals surface area contributed by atoms with E-state index in [1.807, 2.05) is 30.3 Å². The summed E-state index contributed by atoms with van der Waals surface area (Å²) in [5, 5.41) is 0.981. The zero-order chi connectivity index (χ0) is 20.1. The lowest BCUT2D eigenvalue weighted by molar-refractivity contribution is -0.149. The van der Waals surface area contributed by atoms with E-state index in [0.717, 1.165) is 22.2 Å². The van der Waals surface area contributed by atoms with Crippen molar-refractivity contribution in [3.8, 4) is 0 Å². The number of nitrogens with zero attached hydrogens (tertiary/aromatic N) is 1. The molecular formula is C23H18N2O4. The maximum atomic E-state index is 13.3. The van der Waals surface area contributed by atoms with Gasteiger partial charge in [-0.2, -0.15) is 0 Å². The van der Waals surface area contributed by atoms with Gasteiger partial charge in [0.25, 0.3) is 0 Å². The van der Waals surface area contributed by atoms with Gasteiger partial charge in [-0.1, -0.05) is 48.5 Å². The molecule has 5 rings (SSSR count). The van der Waals surface area contributed by atoms with Crippen molar-refractivity contribution in [1.29, 1.82) is 0 Å². The van der Waals surface area contributed by atoms with Crippen molar-refractivity contribution in [2.75, 3.05) is 7.11 Å². The maximum Gasteiger partial charge on any atom is 0.329 e. The molecule has 6 nitrogen and oxygen atoms in total. The number of rotatable bonds is 3. The van der Waals surface area contributed by atoms with Gasteiger partial charge in [-0.05, 0) is 11.6 Å². The van der Waals surface area contributed by atoms with E-state index in [9.17, 15) is 14.4 Å². The molecule has 0 unspecified atom stereocenters. The molecule has 0 aliphatic carbocycles. The first-order valence-electron chi connectivity index (χ1n) is 9.43. The quantitative estimate of drug-likeness (QED) is 0.554. The summed E-state index contributed by atoms with van der Waals surface area (Å²) in [5.74, 6) is -0.953. The van der Waals surface area contributed by atoms with E-state index in [1.165, 1.54) is 12.0 Å². The Bertz CT molecular complexity index is 1210. The van der Waals surface area contributed by atoms with Crippen molar-refractivity contribution in [3.63, 3.8) is 0 Å². The molecule has 0 radical (unpaired) electrons. The molecule has 0 spiro atoms. The highest BCUT2D eigenvalue weighted by Crippen LogP contribution is 2.43. The number of aromatic nitrogens is 1. The van der Waals surface area contributed by atoms with Crippen molar-refractivity contribution >= 4 is 34.3 Å². The van der Waals surface area contributed by atoms with Crippen LogP contribution in [0.4, 0.5) is 0 Å². The first-order valence-corrected chi connectivity index (χ1v) is 9.43. The summed E-state index contributed by atoms with van der Waals surface area (Å²) >= 11 is 0. The van der Waals surface area contributed by atoms with Crippen LogP contribution in [0.15, 0.2) is 60.2 Å². The largest absolute Gasteiger partial charge is 0.467 e. The van der Waals surface area contributed by atoms with Gasteiger partial charge in [0.2, 0.25) is 5.91 Å². The Labute approximate surface area is 166 Å². The minimum absolute atomic E-state index is 0.0363. The minimum Gasteiger partial charge on any atom is -0.467 e. The highest BCUT2D eigenvalue weighted by atomic mass is 16.5. The van der Waals surface area contributed by atoms with Crippen LogP contribution in [0.1, 0.15) is 28.0 Å². The number of amides is 1. The number of ether oxygens (including phenoxy) is 1. The number of methoxy groups -OCH3 is 1. The van der Waals surface area contributed by atoms with Crippen molar-refractivity contribution < 1.29 is 19.1 Å². The van der Waals surface area contributed by atoms with E-state index < -0.39 is 12.0 Å². The van der Waals surface area contributed by atoms with E-state index in [1.54, 1.807) is 24.3 Å². The molecule has 2 aliphatic rings. The lowest BCUT2D eigenvalue weighted by Crippen LogP contribution is -2.46. The number of para-hydroxylation sites is 1. The number of benzene rings is 2. The second-order valence-electron chi connectivity index (χ2n) is 7.23. The normalized spacial score (nSPS) is 18.0. The van der Waals surface area contributed by atoms with E-state index in [-0.39, 0.29) is 18.1 Å². The number of aromatic amines is 1. The van der Waals surface area contributed by atoms with E-state index in [4.69, 9.17) is 4.74 Å². The molecule has 3 aromatic rings. The lowest BCUT2D eigenvalue weighted by Gasteiger charge is -2.33. The zero-order valence-corrected chi connectivity index (χ0v) is 15.8. The third-order valence-electron chi connectivity index (χ3n) is 5.67. The smallest absolute Gasteiger partial charge is 0.329 e. The molecule has 2 aliphatic heterocycles. The standard InChI is InChI=1S/C23H18N2O4/c1-29-23(28)18-11-15-14-9-5-6-10-17(14)24-20(15)21-16(12-19(26)25(18)21)22(27)13-7-3-2-4-8-13/h2-10,18,24H,11-12H2,1H3/t18-/m0/s1. The van der Waals surface area contributed by atoms with Crippen molar-refractivity contribution in [3.05, 3.63) is 77.0 Å². The van der Waals surface area contributed by atoms with Crippen molar-refractivity contribution in [2.24, 2.45) is 0 Å². The Kier molecular flexibility index (Phi) is 3.87.